The molecule has 2 heterocycles. The second-order valence-electron chi connectivity index (χ2n) is 5.36. The van der Waals surface area contributed by atoms with Gasteiger partial charge < -0.3 is 10.1 Å². The Morgan fingerprint density at radius 3 is 2.74 bits per heavy atom. The summed E-state index contributed by atoms with van der Waals surface area (Å²) in [5.41, 5.74) is 1.41. The molecule has 1 atom stereocenters. The van der Waals surface area contributed by atoms with Gasteiger partial charge >= 0.3 is 0 Å². The number of nitrogens with zero attached hydrogens (tertiary/aromatic N) is 2. The van der Waals surface area contributed by atoms with Crippen molar-refractivity contribution in [2.24, 2.45) is 0 Å². The first-order valence-corrected chi connectivity index (χ1v) is 7.86. The highest BCUT2D eigenvalue weighted by atomic mass is 32.1. The molecule has 0 fully saturated rings. The van der Waals surface area contributed by atoms with Crippen LogP contribution in [0.2, 0.25) is 0 Å². The lowest BCUT2D eigenvalue weighted by atomic mass is 10.0. The van der Waals surface area contributed by atoms with Crippen LogP contribution in [-0.2, 0) is 6.42 Å². The number of fused-ring (bicyclic) bond motifs is 1. The van der Waals surface area contributed by atoms with Gasteiger partial charge in [0.2, 0.25) is 0 Å². The number of H-pyrrole nitrogens is 1. The zero-order valence-electron chi connectivity index (χ0n) is 12.5. The van der Waals surface area contributed by atoms with Crippen molar-refractivity contribution >= 4 is 23.3 Å². The van der Waals surface area contributed by atoms with E-state index < -0.39 is 0 Å². The van der Waals surface area contributed by atoms with E-state index in [1.807, 2.05) is 30.3 Å². The monoisotopic (exact) mass is 327 g/mol. The van der Waals surface area contributed by atoms with Gasteiger partial charge in [0.1, 0.15) is 5.65 Å². The van der Waals surface area contributed by atoms with Crippen LogP contribution in [0.5, 0.6) is 0 Å². The van der Waals surface area contributed by atoms with E-state index in [2.05, 4.69) is 9.97 Å². The van der Waals surface area contributed by atoms with Gasteiger partial charge in [0, 0.05) is 18.8 Å². The molecule has 0 aliphatic rings. The van der Waals surface area contributed by atoms with Crippen molar-refractivity contribution in [3.8, 4) is 0 Å². The molecule has 1 aromatic carbocycles. The number of aromatic nitrogens is 3. The van der Waals surface area contributed by atoms with Crippen LogP contribution >= 0.6 is 12.2 Å². The molecule has 0 spiro atoms. The van der Waals surface area contributed by atoms with Gasteiger partial charge in [-0.15, -0.1) is 0 Å². The average Bonchev–Trinajstić information content (AvgIpc) is 2.56. The SMILES string of the molecule is O=c1c2cccnc2[nH]c(=S)n1[C@@H](CCO)Cc1ccccc1. The molecule has 5 nitrogen and oxygen atoms in total. The molecule has 0 saturated heterocycles. The highest BCUT2D eigenvalue weighted by molar-refractivity contribution is 7.71. The number of pyridine rings is 1. The third-order valence-electron chi connectivity index (χ3n) is 3.84. The molecule has 2 aromatic heterocycles. The first kappa shape index (κ1) is 15.6. The molecule has 3 aromatic rings. The van der Waals surface area contributed by atoms with E-state index in [1.54, 1.807) is 22.9 Å². The van der Waals surface area contributed by atoms with E-state index in [4.69, 9.17) is 12.2 Å². The van der Waals surface area contributed by atoms with Crippen LogP contribution < -0.4 is 5.56 Å². The minimum absolute atomic E-state index is 0.0101. The van der Waals surface area contributed by atoms with Gasteiger partial charge in [-0.3, -0.25) is 9.36 Å². The third kappa shape index (κ3) is 3.23. The summed E-state index contributed by atoms with van der Waals surface area (Å²) in [5, 5.41) is 9.90. The number of hydrogen-bond donors (Lipinski definition) is 2. The van der Waals surface area contributed by atoms with Crippen LogP contribution in [0.25, 0.3) is 11.0 Å². The molecule has 0 aliphatic heterocycles. The number of rotatable bonds is 5. The number of hydrogen-bond acceptors (Lipinski definition) is 4. The molecule has 6 heteroatoms. The number of benzene rings is 1. The van der Waals surface area contributed by atoms with Crippen LogP contribution in [0.15, 0.2) is 53.5 Å². The Balaban J connectivity index is 2.11. The van der Waals surface area contributed by atoms with Crippen LogP contribution in [0.1, 0.15) is 18.0 Å². The fourth-order valence-electron chi connectivity index (χ4n) is 2.75. The van der Waals surface area contributed by atoms with Crippen molar-refractivity contribution in [3.05, 3.63) is 69.3 Å². The lowest BCUT2D eigenvalue weighted by Crippen LogP contribution is -2.28. The summed E-state index contributed by atoms with van der Waals surface area (Å²) >= 11 is 5.36. The third-order valence-corrected chi connectivity index (χ3v) is 4.14. The fourth-order valence-corrected chi connectivity index (χ4v) is 3.08. The lowest BCUT2D eigenvalue weighted by Gasteiger charge is -2.19. The lowest BCUT2D eigenvalue weighted by molar-refractivity contribution is 0.253. The first-order chi connectivity index (χ1) is 11.2. The van der Waals surface area contributed by atoms with E-state index in [0.29, 0.717) is 28.6 Å². The molecule has 23 heavy (non-hydrogen) atoms. The predicted molar refractivity (Wildman–Crippen MR) is 92.1 cm³/mol. The van der Waals surface area contributed by atoms with Crippen LogP contribution in [-0.4, -0.2) is 26.2 Å². The maximum absolute atomic E-state index is 12.8. The van der Waals surface area contributed by atoms with Crippen molar-refractivity contribution in [3.63, 3.8) is 0 Å². The molecular weight excluding hydrogens is 310 g/mol. The average molecular weight is 327 g/mol. The normalized spacial score (nSPS) is 12.4. The van der Waals surface area contributed by atoms with Crippen LogP contribution in [0, 0.1) is 4.77 Å². The van der Waals surface area contributed by atoms with E-state index in [0.717, 1.165) is 5.56 Å². The maximum Gasteiger partial charge on any atom is 0.264 e. The summed E-state index contributed by atoms with van der Waals surface area (Å²) in [6.45, 7) is -0.0101. The fraction of sp³-hybridized carbons (Fsp3) is 0.235. The van der Waals surface area contributed by atoms with E-state index in [9.17, 15) is 9.90 Å². The number of aromatic amines is 1. The Labute approximate surface area is 138 Å². The summed E-state index contributed by atoms with van der Waals surface area (Å²) in [5.74, 6) is 0. The second-order valence-corrected chi connectivity index (χ2v) is 5.75. The van der Waals surface area contributed by atoms with Crippen molar-refractivity contribution in [1.82, 2.24) is 14.5 Å². The molecule has 3 rings (SSSR count). The number of nitrogens with one attached hydrogen (secondary N) is 1. The first-order valence-electron chi connectivity index (χ1n) is 7.45. The Kier molecular flexibility index (Phi) is 4.64. The van der Waals surface area contributed by atoms with Gasteiger partial charge in [-0.25, -0.2) is 4.98 Å². The zero-order valence-corrected chi connectivity index (χ0v) is 13.3. The van der Waals surface area contributed by atoms with Crippen LogP contribution in [0.4, 0.5) is 0 Å². The summed E-state index contributed by atoms with van der Waals surface area (Å²) in [6.07, 6.45) is 2.70. The highest BCUT2D eigenvalue weighted by Crippen LogP contribution is 2.18. The van der Waals surface area contributed by atoms with E-state index >= 15 is 0 Å². The van der Waals surface area contributed by atoms with Gasteiger partial charge in [-0.1, -0.05) is 30.3 Å². The van der Waals surface area contributed by atoms with E-state index in [1.165, 1.54) is 0 Å². The highest BCUT2D eigenvalue weighted by Gasteiger charge is 2.16. The molecule has 118 valence electrons. The molecular formula is C17H17N3O2S. The van der Waals surface area contributed by atoms with Crippen molar-refractivity contribution in [1.29, 1.82) is 0 Å². The molecule has 2 N–H and O–H groups in total. The van der Waals surface area contributed by atoms with Gasteiger partial charge in [0.05, 0.1) is 5.39 Å². The number of aliphatic hydroxyl groups excluding tert-OH is 1. The van der Waals surface area contributed by atoms with Gasteiger partial charge in [0.25, 0.3) is 5.56 Å². The van der Waals surface area contributed by atoms with Gasteiger partial charge in [-0.2, -0.15) is 0 Å². The molecule has 0 aliphatic carbocycles. The Hall–Kier alpha value is -2.31. The maximum atomic E-state index is 12.8. The molecule has 0 unspecified atom stereocenters. The van der Waals surface area contributed by atoms with Gasteiger partial charge in [0.15, 0.2) is 4.77 Å². The molecule has 0 radical (unpaired) electrons. The number of aliphatic hydroxyl groups is 1. The van der Waals surface area contributed by atoms with Crippen molar-refractivity contribution < 1.29 is 5.11 Å². The molecule has 0 bridgehead atoms. The summed E-state index contributed by atoms with van der Waals surface area (Å²) < 4.78 is 1.89. The zero-order chi connectivity index (χ0) is 16.2. The second kappa shape index (κ2) is 6.85. The summed E-state index contributed by atoms with van der Waals surface area (Å²) in [4.78, 5) is 20.0. The molecule has 0 amide bonds. The van der Waals surface area contributed by atoms with E-state index in [-0.39, 0.29) is 18.2 Å². The van der Waals surface area contributed by atoms with Crippen molar-refractivity contribution in [2.45, 2.75) is 18.9 Å². The summed E-state index contributed by atoms with van der Waals surface area (Å²) in [7, 11) is 0. The Morgan fingerprint density at radius 2 is 2.00 bits per heavy atom. The predicted octanol–water partition coefficient (Wildman–Crippen LogP) is 2.62. The minimum Gasteiger partial charge on any atom is -0.396 e. The quantitative estimate of drug-likeness (QED) is 0.707. The topological polar surface area (TPSA) is 70.9 Å². The van der Waals surface area contributed by atoms with Crippen LogP contribution in [0.3, 0.4) is 0 Å². The Bertz CT molecular complexity index is 918. The largest absolute Gasteiger partial charge is 0.396 e. The van der Waals surface area contributed by atoms with Crippen molar-refractivity contribution in [2.75, 3.05) is 6.61 Å². The molecule has 0 saturated carbocycles. The smallest absolute Gasteiger partial charge is 0.264 e. The minimum atomic E-state index is -0.205. The summed E-state index contributed by atoms with van der Waals surface area (Å²) in [6, 6.07) is 13.1. The Morgan fingerprint density at radius 1 is 1.22 bits per heavy atom. The van der Waals surface area contributed by atoms with Gasteiger partial charge in [-0.05, 0) is 42.8 Å². The standard InChI is InChI=1S/C17H17N3O2S/c21-10-8-13(11-12-5-2-1-3-6-12)20-16(22)14-7-4-9-18-15(14)19-17(20)23/h1-7,9,13,21H,8,10-11H2,(H,18,19,23)/t13-/m0/s1.